The van der Waals surface area contributed by atoms with Gasteiger partial charge >= 0.3 is 0 Å². The summed E-state index contributed by atoms with van der Waals surface area (Å²) >= 11 is 0. The zero-order valence-electron chi connectivity index (χ0n) is 7.40. The van der Waals surface area contributed by atoms with Crippen LogP contribution in [0, 0.1) is 23.2 Å². The topological polar surface area (TPSA) is 0 Å². The Hall–Kier alpha value is 0. The van der Waals surface area contributed by atoms with Gasteiger partial charge in [-0.25, -0.2) is 0 Å². The van der Waals surface area contributed by atoms with Crippen LogP contribution in [-0.2, 0) is 0 Å². The Bertz CT molecular complexity index is 180. The normalized spacial score (nSPS) is 51.5. The molecule has 0 amide bonds. The minimum atomic E-state index is 0.693. The number of hydrogen-bond acceptors (Lipinski definition) is 0. The molecule has 3 fully saturated rings. The predicted molar refractivity (Wildman–Crippen MR) is 46.0 cm³/mol. The van der Waals surface area contributed by atoms with Crippen LogP contribution in [-0.4, -0.2) is 0 Å². The Balaban J connectivity index is 1.94. The second-order valence-corrected chi connectivity index (χ2v) is 5.25. The molecule has 0 saturated heterocycles. The molecule has 1 atom stereocenters. The van der Waals surface area contributed by atoms with Crippen LogP contribution in [0.5, 0.6) is 0 Å². The fourth-order valence-corrected chi connectivity index (χ4v) is 3.58. The first kappa shape index (κ1) is 6.51. The second kappa shape index (κ2) is 1.67. The summed E-state index contributed by atoms with van der Waals surface area (Å²) in [5, 5.41) is 0. The third kappa shape index (κ3) is 0.666. The Morgan fingerprint density at radius 3 is 2.27 bits per heavy atom. The number of fused-ring (bicyclic) bond motifs is 2. The van der Waals surface area contributed by atoms with E-state index in [2.05, 4.69) is 13.3 Å². The van der Waals surface area contributed by atoms with Crippen molar-refractivity contribution in [2.24, 2.45) is 16.7 Å². The molecular weight excluding hydrogens is 132 g/mol. The van der Waals surface area contributed by atoms with E-state index < -0.39 is 0 Å². The molecule has 0 aromatic rings. The maximum Gasteiger partial charge on any atom is -0.0235 e. The van der Waals surface area contributed by atoms with Crippen LogP contribution in [0.3, 0.4) is 0 Å². The lowest BCUT2D eigenvalue weighted by Gasteiger charge is -2.33. The quantitative estimate of drug-likeness (QED) is 0.537. The molecular formula is C11H17. The van der Waals surface area contributed by atoms with Crippen molar-refractivity contribution in [3.05, 3.63) is 6.42 Å². The van der Waals surface area contributed by atoms with E-state index in [4.69, 9.17) is 0 Å². The summed E-state index contributed by atoms with van der Waals surface area (Å²) in [7, 11) is 0. The SMILES string of the molecule is CC1(C23CCC(CC2)C3)[CH]C1. The van der Waals surface area contributed by atoms with Gasteiger partial charge in [-0.1, -0.05) is 6.92 Å². The first-order valence-electron chi connectivity index (χ1n) is 5.09. The first-order chi connectivity index (χ1) is 5.24. The highest BCUT2D eigenvalue weighted by Gasteiger charge is 2.60. The summed E-state index contributed by atoms with van der Waals surface area (Å²) in [6, 6.07) is 0. The maximum absolute atomic E-state index is 2.56. The molecule has 0 heteroatoms. The summed E-state index contributed by atoms with van der Waals surface area (Å²) in [6.07, 6.45) is 11.7. The van der Waals surface area contributed by atoms with Crippen LogP contribution in [0.1, 0.15) is 45.4 Å². The van der Waals surface area contributed by atoms with E-state index in [0.717, 1.165) is 11.3 Å². The predicted octanol–water partition coefficient (Wildman–Crippen LogP) is 3.18. The molecule has 3 aliphatic rings. The van der Waals surface area contributed by atoms with E-state index in [1.807, 2.05) is 0 Å². The lowest BCUT2D eigenvalue weighted by Crippen LogP contribution is -2.24. The molecule has 0 aromatic heterocycles. The van der Waals surface area contributed by atoms with E-state index >= 15 is 0 Å². The van der Waals surface area contributed by atoms with Crippen LogP contribution in [0.15, 0.2) is 0 Å². The Morgan fingerprint density at radius 2 is 1.91 bits per heavy atom. The van der Waals surface area contributed by atoms with Crippen LogP contribution < -0.4 is 0 Å². The molecule has 0 nitrogen and oxygen atoms in total. The zero-order valence-corrected chi connectivity index (χ0v) is 7.40. The Labute approximate surface area is 69.4 Å². The second-order valence-electron chi connectivity index (χ2n) is 5.25. The van der Waals surface area contributed by atoms with Crippen molar-refractivity contribution in [2.45, 2.75) is 45.4 Å². The highest BCUT2D eigenvalue weighted by molar-refractivity contribution is 5.20. The third-order valence-electron chi connectivity index (χ3n) is 4.77. The molecule has 0 N–H and O–H groups in total. The molecule has 2 bridgehead atoms. The summed E-state index contributed by atoms with van der Waals surface area (Å²) in [5.74, 6) is 1.13. The average molecular weight is 149 g/mol. The van der Waals surface area contributed by atoms with Crippen molar-refractivity contribution in [1.29, 1.82) is 0 Å². The van der Waals surface area contributed by atoms with Gasteiger partial charge in [-0.3, -0.25) is 0 Å². The van der Waals surface area contributed by atoms with Crippen LogP contribution in [0.4, 0.5) is 0 Å². The fourth-order valence-electron chi connectivity index (χ4n) is 3.58. The molecule has 61 valence electrons. The van der Waals surface area contributed by atoms with E-state index in [-0.39, 0.29) is 0 Å². The highest BCUT2D eigenvalue weighted by atomic mass is 14.6. The Morgan fingerprint density at radius 1 is 1.27 bits per heavy atom. The van der Waals surface area contributed by atoms with Crippen LogP contribution in [0.2, 0.25) is 0 Å². The summed E-state index contributed by atoms with van der Waals surface area (Å²) in [5.41, 5.74) is 1.50. The van der Waals surface area contributed by atoms with Crippen molar-refractivity contribution in [1.82, 2.24) is 0 Å². The first-order valence-corrected chi connectivity index (χ1v) is 5.09. The largest absolute Gasteiger partial charge is 0.0588 e. The van der Waals surface area contributed by atoms with Gasteiger partial charge in [-0.05, 0) is 61.7 Å². The number of rotatable bonds is 1. The number of hydrogen-bond donors (Lipinski definition) is 0. The lowest BCUT2D eigenvalue weighted by atomic mass is 9.71. The summed E-state index contributed by atoms with van der Waals surface area (Å²) < 4.78 is 0. The van der Waals surface area contributed by atoms with E-state index in [9.17, 15) is 0 Å². The van der Waals surface area contributed by atoms with Crippen molar-refractivity contribution < 1.29 is 0 Å². The molecule has 0 heterocycles. The lowest BCUT2D eigenvalue weighted by molar-refractivity contribution is 0.173. The van der Waals surface area contributed by atoms with Gasteiger partial charge in [0.15, 0.2) is 0 Å². The van der Waals surface area contributed by atoms with Gasteiger partial charge in [-0.15, -0.1) is 0 Å². The molecule has 0 aromatic carbocycles. The van der Waals surface area contributed by atoms with Gasteiger partial charge in [0.2, 0.25) is 0 Å². The smallest absolute Gasteiger partial charge is 0.0235 e. The molecule has 3 saturated carbocycles. The standard InChI is InChI=1S/C11H17/c1-10(6-7-10)11-4-2-9(8-11)3-5-11/h6,9H,2-5,7-8H2,1H3. The maximum atomic E-state index is 2.56. The fraction of sp³-hybridized carbons (Fsp3) is 0.909. The van der Waals surface area contributed by atoms with Crippen molar-refractivity contribution in [3.8, 4) is 0 Å². The third-order valence-corrected chi connectivity index (χ3v) is 4.77. The van der Waals surface area contributed by atoms with Crippen molar-refractivity contribution >= 4 is 0 Å². The molecule has 11 heavy (non-hydrogen) atoms. The van der Waals surface area contributed by atoms with E-state index in [1.165, 1.54) is 6.42 Å². The summed E-state index contributed by atoms with van der Waals surface area (Å²) in [4.78, 5) is 0. The van der Waals surface area contributed by atoms with Gasteiger partial charge < -0.3 is 0 Å². The van der Waals surface area contributed by atoms with Crippen molar-refractivity contribution in [3.63, 3.8) is 0 Å². The van der Waals surface area contributed by atoms with Gasteiger partial charge in [0, 0.05) is 0 Å². The zero-order chi connectivity index (χ0) is 7.53. The van der Waals surface area contributed by atoms with E-state index in [0.29, 0.717) is 5.41 Å². The minimum absolute atomic E-state index is 0.693. The van der Waals surface area contributed by atoms with Gasteiger partial charge in [-0.2, -0.15) is 0 Å². The molecule has 0 spiro atoms. The average Bonchev–Trinajstić information content (AvgIpc) is 2.51. The highest BCUT2D eigenvalue weighted by Crippen LogP contribution is 2.70. The van der Waals surface area contributed by atoms with Crippen LogP contribution >= 0.6 is 0 Å². The van der Waals surface area contributed by atoms with Gasteiger partial charge in [0.1, 0.15) is 0 Å². The van der Waals surface area contributed by atoms with Crippen LogP contribution in [0.25, 0.3) is 0 Å². The van der Waals surface area contributed by atoms with Gasteiger partial charge in [0.25, 0.3) is 0 Å². The van der Waals surface area contributed by atoms with Gasteiger partial charge in [0.05, 0.1) is 0 Å². The molecule has 0 aliphatic heterocycles. The molecule has 1 radical (unpaired) electrons. The molecule has 3 rings (SSSR count). The van der Waals surface area contributed by atoms with E-state index in [1.54, 1.807) is 32.1 Å². The summed E-state index contributed by atoms with van der Waals surface area (Å²) in [6.45, 7) is 2.49. The Kier molecular flexibility index (Phi) is 0.990. The van der Waals surface area contributed by atoms with Crippen molar-refractivity contribution in [2.75, 3.05) is 0 Å². The molecule has 1 unspecified atom stereocenters. The minimum Gasteiger partial charge on any atom is -0.0588 e. The monoisotopic (exact) mass is 149 g/mol. The molecule has 3 aliphatic carbocycles.